The monoisotopic (exact) mass is 402 g/mol. The third kappa shape index (κ3) is 3.03. The van der Waals surface area contributed by atoms with E-state index in [1.807, 2.05) is 19.1 Å². The van der Waals surface area contributed by atoms with Crippen LogP contribution in [0.5, 0.6) is 0 Å². The van der Waals surface area contributed by atoms with Crippen LogP contribution in [-0.4, -0.2) is 31.5 Å². The van der Waals surface area contributed by atoms with Crippen molar-refractivity contribution in [3.8, 4) is 0 Å². The summed E-state index contributed by atoms with van der Waals surface area (Å²) >= 11 is 0. The van der Waals surface area contributed by atoms with Crippen LogP contribution in [0.4, 0.5) is 4.39 Å². The number of H-pyrrole nitrogens is 1. The fourth-order valence-corrected chi connectivity index (χ4v) is 3.93. The molecule has 0 aliphatic rings. The molecule has 10 heteroatoms. The van der Waals surface area contributed by atoms with Crippen LogP contribution in [0.3, 0.4) is 0 Å². The van der Waals surface area contributed by atoms with Crippen LogP contribution < -0.4 is 11.0 Å². The van der Waals surface area contributed by atoms with Gasteiger partial charge < -0.3 is 14.4 Å². The Bertz CT molecular complexity index is 1330. The van der Waals surface area contributed by atoms with E-state index in [-0.39, 0.29) is 12.2 Å². The molecule has 1 atom stereocenters. The van der Waals surface area contributed by atoms with Crippen molar-refractivity contribution >= 4 is 35.0 Å². The first-order valence-electron chi connectivity index (χ1n) is 8.32. The number of nitrogens with one attached hydrogen (secondary N) is 1. The zero-order chi connectivity index (χ0) is 20.1. The summed E-state index contributed by atoms with van der Waals surface area (Å²) in [4.78, 5) is 33.5. The summed E-state index contributed by atoms with van der Waals surface area (Å²) in [6.45, 7) is 1.91. The Hall–Kier alpha value is -2.87. The van der Waals surface area contributed by atoms with E-state index < -0.39 is 18.7 Å². The second-order valence-electron chi connectivity index (χ2n) is 6.35. The highest BCUT2D eigenvalue weighted by molar-refractivity contribution is 7.61. The Morgan fingerprint density at radius 1 is 1.32 bits per heavy atom. The topological polar surface area (TPSA) is 110 Å². The van der Waals surface area contributed by atoms with Crippen LogP contribution in [-0.2, 0) is 15.6 Å². The SMILES string of the molecule is COP(=O)(O)c1ccc(Cn2c(=O)[nH]c3cnc4nc(C)ccc4c32)cc1F. The molecule has 28 heavy (non-hydrogen) atoms. The molecule has 0 aliphatic heterocycles. The molecule has 3 heterocycles. The molecular weight excluding hydrogens is 386 g/mol. The maximum atomic E-state index is 14.3. The molecule has 1 aromatic carbocycles. The normalized spacial score (nSPS) is 13.9. The average Bonchev–Trinajstić information content (AvgIpc) is 2.97. The predicted molar refractivity (Wildman–Crippen MR) is 102 cm³/mol. The molecule has 3 aromatic heterocycles. The third-order valence-corrected chi connectivity index (χ3v) is 5.97. The summed E-state index contributed by atoms with van der Waals surface area (Å²) in [5.74, 6) is -0.873. The molecule has 0 aliphatic carbocycles. The highest BCUT2D eigenvalue weighted by Gasteiger charge is 2.25. The van der Waals surface area contributed by atoms with Gasteiger partial charge >= 0.3 is 13.3 Å². The van der Waals surface area contributed by atoms with Gasteiger partial charge in [-0.15, -0.1) is 0 Å². The predicted octanol–water partition coefficient (Wildman–Crippen LogP) is 2.23. The Labute approximate surface area is 158 Å². The lowest BCUT2D eigenvalue weighted by Crippen LogP contribution is -2.18. The van der Waals surface area contributed by atoms with Crippen molar-refractivity contribution in [2.24, 2.45) is 0 Å². The summed E-state index contributed by atoms with van der Waals surface area (Å²) in [6, 6.07) is 7.45. The van der Waals surface area contributed by atoms with E-state index in [1.54, 1.807) is 0 Å². The van der Waals surface area contributed by atoms with E-state index in [0.717, 1.165) is 18.9 Å². The molecule has 0 bridgehead atoms. The van der Waals surface area contributed by atoms with E-state index in [0.29, 0.717) is 27.6 Å². The van der Waals surface area contributed by atoms with Gasteiger partial charge in [0.05, 0.1) is 29.1 Å². The molecule has 1 unspecified atom stereocenters. The highest BCUT2D eigenvalue weighted by Crippen LogP contribution is 2.40. The summed E-state index contributed by atoms with van der Waals surface area (Å²) in [5, 5.41) is 0.275. The lowest BCUT2D eigenvalue weighted by atomic mass is 10.2. The average molecular weight is 402 g/mol. The van der Waals surface area contributed by atoms with Gasteiger partial charge in [-0.3, -0.25) is 9.13 Å². The van der Waals surface area contributed by atoms with Crippen molar-refractivity contribution in [3.05, 3.63) is 64.1 Å². The molecule has 0 fully saturated rings. The van der Waals surface area contributed by atoms with Gasteiger partial charge in [-0.1, -0.05) is 6.07 Å². The lowest BCUT2D eigenvalue weighted by molar-refractivity contribution is 0.327. The zero-order valence-corrected chi connectivity index (χ0v) is 15.9. The summed E-state index contributed by atoms with van der Waals surface area (Å²) in [6.07, 6.45) is 1.53. The molecule has 4 aromatic rings. The Kier molecular flexibility index (Phi) is 4.38. The molecule has 2 N–H and O–H groups in total. The van der Waals surface area contributed by atoms with Crippen LogP contribution in [0.1, 0.15) is 11.3 Å². The smallest absolute Gasteiger partial charge is 0.321 e. The lowest BCUT2D eigenvalue weighted by Gasteiger charge is -2.11. The van der Waals surface area contributed by atoms with Gasteiger partial charge in [0.1, 0.15) is 5.82 Å². The first-order valence-corrected chi connectivity index (χ1v) is 9.90. The number of hydrogen-bond acceptors (Lipinski definition) is 5. The number of imidazole rings is 1. The molecule has 0 radical (unpaired) electrons. The van der Waals surface area contributed by atoms with E-state index in [2.05, 4.69) is 19.5 Å². The minimum Gasteiger partial charge on any atom is -0.321 e. The second kappa shape index (κ2) is 6.63. The second-order valence-corrected chi connectivity index (χ2v) is 8.24. The van der Waals surface area contributed by atoms with Crippen LogP contribution in [0.15, 0.2) is 41.3 Å². The minimum atomic E-state index is -4.21. The third-order valence-electron chi connectivity index (χ3n) is 4.50. The first-order chi connectivity index (χ1) is 13.3. The fraction of sp³-hybridized carbons (Fsp3) is 0.167. The molecule has 8 nitrogen and oxygen atoms in total. The van der Waals surface area contributed by atoms with Crippen LogP contribution in [0.25, 0.3) is 22.1 Å². The van der Waals surface area contributed by atoms with Gasteiger partial charge in [0, 0.05) is 18.2 Å². The zero-order valence-electron chi connectivity index (χ0n) is 15.0. The number of benzene rings is 1. The van der Waals surface area contributed by atoms with Crippen molar-refractivity contribution in [2.45, 2.75) is 13.5 Å². The van der Waals surface area contributed by atoms with Gasteiger partial charge in [-0.25, -0.2) is 19.2 Å². The molecule has 144 valence electrons. The fourth-order valence-electron chi connectivity index (χ4n) is 3.13. The molecule has 0 spiro atoms. The number of halogens is 1. The number of rotatable bonds is 4. The summed E-state index contributed by atoms with van der Waals surface area (Å²) < 4.78 is 32.1. The number of nitrogens with zero attached hydrogens (tertiary/aromatic N) is 3. The van der Waals surface area contributed by atoms with Crippen molar-refractivity contribution in [2.75, 3.05) is 7.11 Å². The number of aryl methyl sites for hydroxylation is 1. The molecule has 0 saturated carbocycles. The Balaban J connectivity index is 1.84. The van der Waals surface area contributed by atoms with Crippen LogP contribution in [0.2, 0.25) is 0 Å². The Morgan fingerprint density at radius 2 is 2.11 bits per heavy atom. The quantitative estimate of drug-likeness (QED) is 0.507. The first kappa shape index (κ1) is 18.5. The van der Waals surface area contributed by atoms with Gasteiger partial charge in [-0.05, 0) is 36.8 Å². The maximum Gasteiger partial charge on any atom is 0.361 e. The Morgan fingerprint density at radius 3 is 2.82 bits per heavy atom. The highest BCUT2D eigenvalue weighted by atomic mass is 31.2. The molecule has 4 rings (SSSR count). The maximum absolute atomic E-state index is 14.3. The van der Waals surface area contributed by atoms with E-state index in [9.17, 15) is 18.6 Å². The van der Waals surface area contributed by atoms with Gasteiger partial charge in [0.15, 0.2) is 5.65 Å². The summed E-state index contributed by atoms with van der Waals surface area (Å²) in [7, 11) is -3.17. The van der Waals surface area contributed by atoms with E-state index >= 15 is 0 Å². The number of aromatic nitrogens is 4. The minimum absolute atomic E-state index is 0.0612. The van der Waals surface area contributed by atoms with Gasteiger partial charge in [0.2, 0.25) is 0 Å². The van der Waals surface area contributed by atoms with E-state index in [4.69, 9.17) is 0 Å². The van der Waals surface area contributed by atoms with Crippen molar-refractivity contribution in [3.63, 3.8) is 0 Å². The van der Waals surface area contributed by atoms with Crippen molar-refractivity contribution in [1.82, 2.24) is 19.5 Å². The van der Waals surface area contributed by atoms with Crippen molar-refractivity contribution in [1.29, 1.82) is 0 Å². The van der Waals surface area contributed by atoms with Crippen molar-refractivity contribution < 1.29 is 18.4 Å². The number of hydrogen-bond donors (Lipinski definition) is 2. The summed E-state index contributed by atoms with van der Waals surface area (Å²) in [5.41, 5.74) is 2.52. The van der Waals surface area contributed by atoms with Crippen LogP contribution >= 0.6 is 7.60 Å². The standard InChI is InChI=1S/C18H16FN4O4P/c1-10-3-5-12-16-14(8-20-17(12)21-10)22-18(24)23(16)9-11-4-6-15(13(19)7-11)28(25,26)27-2/h3-8H,9H2,1-2H3,(H,22,24)(H,25,26). The molecule has 0 amide bonds. The van der Waals surface area contributed by atoms with E-state index in [1.165, 1.54) is 22.9 Å². The molecule has 0 saturated heterocycles. The van der Waals surface area contributed by atoms with Crippen LogP contribution in [0, 0.1) is 12.7 Å². The van der Waals surface area contributed by atoms with Gasteiger partial charge in [-0.2, -0.15) is 0 Å². The molecular formula is C18H16FN4O4P. The largest absolute Gasteiger partial charge is 0.361 e. The number of aromatic amines is 1. The van der Waals surface area contributed by atoms with Gasteiger partial charge in [0.25, 0.3) is 0 Å². The number of fused-ring (bicyclic) bond motifs is 3. The number of pyridine rings is 2.